The van der Waals surface area contributed by atoms with E-state index < -0.39 is 21.7 Å². The van der Waals surface area contributed by atoms with Crippen LogP contribution in [0.1, 0.15) is 25.7 Å². The van der Waals surface area contributed by atoms with Crippen molar-refractivity contribution in [2.75, 3.05) is 32.8 Å². The van der Waals surface area contributed by atoms with Crippen LogP contribution < -0.4 is 0 Å². The number of amides is 1. The Balaban J connectivity index is 1.55. The molecule has 0 radical (unpaired) electrons. The van der Waals surface area contributed by atoms with Crippen LogP contribution in [0.3, 0.4) is 0 Å². The van der Waals surface area contributed by atoms with E-state index >= 15 is 0 Å². The van der Waals surface area contributed by atoms with Gasteiger partial charge in [-0.2, -0.15) is 4.31 Å². The first-order chi connectivity index (χ1) is 12.4. The topological polar surface area (TPSA) is 66.9 Å². The standard InChI is InChI=1S/C17H22F2N2O4S/c18-15-5-4-14(12-16(15)19)26(23,24)21-9-7-20(8-10-21)17(22)6-3-13-2-1-11-25-13/h4-5,12-13H,1-3,6-11H2. The van der Waals surface area contributed by atoms with Gasteiger partial charge in [0.25, 0.3) is 0 Å². The predicted octanol–water partition coefficient (Wildman–Crippen LogP) is 1.76. The number of carbonyl (C=O) groups excluding carboxylic acids is 1. The van der Waals surface area contributed by atoms with Crippen LogP contribution in [0.5, 0.6) is 0 Å². The highest BCUT2D eigenvalue weighted by atomic mass is 32.2. The van der Waals surface area contributed by atoms with Gasteiger partial charge in [-0.3, -0.25) is 4.79 Å². The average molecular weight is 388 g/mol. The van der Waals surface area contributed by atoms with E-state index in [0.29, 0.717) is 18.9 Å². The number of nitrogens with zero attached hydrogens (tertiary/aromatic N) is 2. The van der Waals surface area contributed by atoms with E-state index in [1.54, 1.807) is 4.90 Å². The molecular formula is C17H22F2N2O4S. The first-order valence-electron chi connectivity index (χ1n) is 8.72. The van der Waals surface area contributed by atoms with Crippen LogP contribution in [-0.2, 0) is 19.6 Å². The highest BCUT2D eigenvalue weighted by Gasteiger charge is 2.31. The van der Waals surface area contributed by atoms with Gasteiger partial charge in [-0.1, -0.05) is 0 Å². The SMILES string of the molecule is O=C(CCC1CCCO1)N1CCN(S(=O)(=O)c2ccc(F)c(F)c2)CC1. The lowest BCUT2D eigenvalue weighted by molar-refractivity contribution is -0.133. The fraction of sp³-hybridized carbons (Fsp3) is 0.588. The maximum atomic E-state index is 13.3. The van der Waals surface area contributed by atoms with Crippen molar-refractivity contribution < 1.29 is 26.7 Å². The number of sulfonamides is 1. The summed E-state index contributed by atoms with van der Waals surface area (Å²) in [7, 11) is -3.91. The number of carbonyl (C=O) groups is 1. The highest BCUT2D eigenvalue weighted by molar-refractivity contribution is 7.89. The minimum absolute atomic E-state index is 0.00891. The first-order valence-corrected chi connectivity index (χ1v) is 10.2. The molecule has 0 aliphatic carbocycles. The molecule has 2 aliphatic rings. The maximum absolute atomic E-state index is 13.3. The summed E-state index contributed by atoms with van der Waals surface area (Å²) in [6, 6.07) is 2.53. The van der Waals surface area contributed by atoms with Gasteiger partial charge in [-0.05, 0) is 37.5 Å². The molecule has 26 heavy (non-hydrogen) atoms. The second-order valence-corrected chi connectivity index (χ2v) is 8.47. The fourth-order valence-electron chi connectivity index (χ4n) is 3.28. The highest BCUT2D eigenvalue weighted by Crippen LogP contribution is 2.21. The number of hydrogen-bond acceptors (Lipinski definition) is 4. The number of hydrogen-bond donors (Lipinski definition) is 0. The van der Waals surface area contributed by atoms with Gasteiger partial charge in [0.1, 0.15) is 0 Å². The smallest absolute Gasteiger partial charge is 0.243 e. The van der Waals surface area contributed by atoms with E-state index in [0.717, 1.165) is 31.6 Å². The molecule has 1 atom stereocenters. The van der Waals surface area contributed by atoms with Gasteiger partial charge in [0.2, 0.25) is 15.9 Å². The van der Waals surface area contributed by atoms with Gasteiger partial charge < -0.3 is 9.64 Å². The van der Waals surface area contributed by atoms with E-state index in [4.69, 9.17) is 4.74 Å². The van der Waals surface area contributed by atoms with Crippen molar-refractivity contribution in [1.82, 2.24) is 9.21 Å². The largest absolute Gasteiger partial charge is 0.378 e. The van der Waals surface area contributed by atoms with E-state index in [2.05, 4.69) is 0 Å². The molecule has 144 valence electrons. The fourth-order valence-corrected chi connectivity index (χ4v) is 4.71. The molecule has 1 amide bonds. The second kappa shape index (κ2) is 7.98. The summed E-state index contributed by atoms with van der Waals surface area (Å²) in [5, 5.41) is 0. The van der Waals surface area contributed by atoms with Crippen LogP contribution in [0.2, 0.25) is 0 Å². The molecule has 2 aliphatic heterocycles. The lowest BCUT2D eigenvalue weighted by atomic mass is 10.1. The van der Waals surface area contributed by atoms with Gasteiger partial charge >= 0.3 is 0 Å². The summed E-state index contributed by atoms with van der Waals surface area (Å²) >= 11 is 0. The van der Waals surface area contributed by atoms with E-state index in [1.165, 1.54) is 4.31 Å². The van der Waals surface area contributed by atoms with Crippen molar-refractivity contribution in [1.29, 1.82) is 0 Å². The molecule has 2 fully saturated rings. The minimum atomic E-state index is -3.91. The summed E-state index contributed by atoms with van der Waals surface area (Å²) in [6.45, 7) is 1.58. The summed E-state index contributed by atoms with van der Waals surface area (Å²) in [5.74, 6) is -2.30. The van der Waals surface area contributed by atoms with Crippen molar-refractivity contribution in [3.63, 3.8) is 0 Å². The Morgan fingerprint density at radius 2 is 1.88 bits per heavy atom. The molecule has 6 nitrogen and oxygen atoms in total. The third kappa shape index (κ3) is 4.21. The molecule has 1 unspecified atom stereocenters. The summed E-state index contributed by atoms with van der Waals surface area (Å²) in [4.78, 5) is 13.6. The lowest BCUT2D eigenvalue weighted by Crippen LogP contribution is -2.50. The van der Waals surface area contributed by atoms with E-state index in [-0.39, 0.29) is 43.1 Å². The third-order valence-electron chi connectivity index (χ3n) is 4.82. The number of benzene rings is 1. The van der Waals surface area contributed by atoms with Gasteiger partial charge in [0.15, 0.2) is 11.6 Å². The Morgan fingerprint density at radius 1 is 1.15 bits per heavy atom. The van der Waals surface area contributed by atoms with Gasteiger partial charge in [0.05, 0.1) is 11.0 Å². The first kappa shape index (κ1) is 19.2. The molecule has 1 aromatic rings. The van der Waals surface area contributed by atoms with Crippen LogP contribution in [-0.4, -0.2) is 62.4 Å². The van der Waals surface area contributed by atoms with Crippen molar-refractivity contribution in [2.45, 2.75) is 36.7 Å². The van der Waals surface area contributed by atoms with Crippen molar-refractivity contribution in [2.24, 2.45) is 0 Å². The molecule has 0 saturated carbocycles. The Morgan fingerprint density at radius 3 is 2.50 bits per heavy atom. The maximum Gasteiger partial charge on any atom is 0.243 e. The Hall–Kier alpha value is -1.58. The number of rotatable bonds is 5. The third-order valence-corrected chi connectivity index (χ3v) is 6.72. The minimum Gasteiger partial charge on any atom is -0.378 e. The van der Waals surface area contributed by atoms with Gasteiger partial charge in [-0.15, -0.1) is 0 Å². The lowest BCUT2D eigenvalue weighted by Gasteiger charge is -2.34. The number of piperazine rings is 1. The van der Waals surface area contributed by atoms with Crippen LogP contribution >= 0.6 is 0 Å². The summed E-state index contributed by atoms with van der Waals surface area (Å²) < 4.78 is 58.1. The molecule has 9 heteroatoms. The average Bonchev–Trinajstić information content (AvgIpc) is 3.15. The van der Waals surface area contributed by atoms with Gasteiger partial charge in [-0.25, -0.2) is 17.2 Å². The molecule has 2 heterocycles. The molecular weight excluding hydrogens is 366 g/mol. The van der Waals surface area contributed by atoms with Crippen LogP contribution in [0.4, 0.5) is 8.78 Å². The van der Waals surface area contributed by atoms with Crippen LogP contribution in [0, 0.1) is 11.6 Å². The molecule has 0 aromatic heterocycles. The Kier molecular flexibility index (Phi) is 5.89. The normalized spacial score (nSPS) is 21.9. The molecule has 1 aromatic carbocycles. The molecule has 2 saturated heterocycles. The molecule has 0 N–H and O–H groups in total. The van der Waals surface area contributed by atoms with E-state index in [1.807, 2.05) is 0 Å². The monoisotopic (exact) mass is 388 g/mol. The van der Waals surface area contributed by atoms with Crippen molar-refractivity contribution in [3.8, 4) is 0 Å². The predicted molar refractivity (Wildman–Crippen MR) is 89.9 cm³/mol. The Bertz CT molecular complexity index is 758. The second-order valence-electron chi connectivity index (χ2n) is 6.53. The molecule has 0 bridgehead atoms. The summed E-state index contributed by atoms with van der Waals surface area (Å²) in [6.07, 6.45) is 3.23. The Labute approximate surface area is 151 Å². The van der Waals surface area contributed by atoms with Gasteiger partial charge in [0, 0.05) is 39.2 Å². The number of halogens is 2. The van der Waals surface area contributed by atoms with E-state index in [9.17, 15) is 22.0 Å². The zero-order valence-electron chi connectivity index (χ0n) is 14.4. The molecule has 3 rings (SSSR count). The zero-order chi connectivity index (χ0) is 18.7. The molecule has 0 spiro atoms. The van der Waals surface area contributed by atoms with Crippen molar-refractivity contribution in [3.05, 3.63) is 29.8 Å². The summed E-state index contributed by atoms with van der Waals surface area (Å²) in [5.41, 5.74) is 0. The van der Waals surface area contributed by atoms with Crippen molar-refractivity contribution >= 4 is 15.9 Å². The zero-order valence-corrected chi connectivity index (χ0v) is 15.2. The van der Waals surface area contributed by atoms with Crippen LogP contribution in [0.25, 0.3) is 0 Å². The van der Waals surface area contributed by atoms with Crippen LogP contribution in [0.15, 0.2) is 23.1 Å². The quantitative estimate of drug-likeness (QED) is 0.771. The number of ether oxygens (including phenoxy) is 1.